The van der Waals surface area contributed by atoms with Crippen molar-refractivity contribution in [2.24, 2.45) is 5.73 Å². The Kier molecular flexibility index (Phi) is 4.96. The highest BCUT2D eigenvalue weighted by molar-refractivity contribution is 5.74. The minimum atomic E-state index is -0.782. The van der Waals surface area contributed by atoms with E-state index in [0.29, 0.717) is 5.75 Å². The van der Waals surface area contributed by atoms with E-state index < -0.39 is 18.5 Å². The van der Waals surface area contributed by atoms with Crippen molar-refractivity contribution in [1.29, 1.82) is 0 Å². The lowest BCUT2D eigenvalue weighted by atomic mass is 10.3. The van der Waals surface area contributed by atoms with Crippen LogP contribution in [0.5, 0.6) is 11.5 Å². The van der Waals surface area contributed by atoms with Crippen LogP contribution >= 0.6 is 0 Å². The summed E-state index contributed by atoms with van der Waals surface area (Å²) in [5.41, 5.74) is 4.96. The third-order valence-corrected chi connectivity index (χ3v) is 1.81. The van der Waals surface area contributed by atoms with E-state index in [4.69, 9.17) is 20.3 Å². The summed E-state index contributed by atoms with van der Waals surface area (Å²) in [5, 5.41) is 8.56. The van der Waals surface area contributed by atoms with Crippen LogP contribution in [0, 0.1) is 0 Å². The Morgan fingerprint density at radius 1 is 1.24 bits per heavy atom. The summed E-state index contributed by atoms with van der Waals surface area (Å²) in [6.07, 6.45) is 0.0717. The number of ether oxygens (including phenoxy) is 2. The van der Waals surface area contributed by atoms with Gasteiger partial charge in [-0.1, -0.05) is 12.1 Å². The molecule has 1 amide bonds. The summed E-state index contributed by atoms with van der Waals surface area (Å²) in [6.45, 7) is -0.612. The van der Waals surface area contributed by atoms with Crippen molar-refractivity contribution >= 4 is 11.9 Å². The van der Waals surface area contributed by atoms with Gasteiger partial charge in [0, 0.05) is 0 Å². The topological polar surface area (TPSA) is 98.9 Å². The zero-order valence-corrected chi connectivity index (χ0v) is 9.09. The second-order valence-electron chi connectivity index (χ2n) is 3.14. The van der Waals surface area contributed by atoms with Gasteiger partial charge in [0.25, 0.3) is 0 Å². The van der Waals surface area contributed by atoms with Crippen LogP contribution in [0.1, 0.15) is 6.42 Å². The molecule has 6 nitrogen and oxygen atoms in total. The molecule has 1 aromatic rings. The molecule has 1 aromatic carbocycles. The zero-order valence-electron chi connectivity index (χ0n) is 9.09. The molecule has 0 heterocycles. The first-order valence-electron chi connectivity index (χ1n) is 4.95. The Morgan fingerprint density at radius 2 is 1.88 bits per heavy atom. The van der Waals surface area contributed by atoms with Gasteiger partial charge in [-0.15, -0.1) is 0 Å². The van der Waals surface area contributed by atoms with Crippen molar-refractivity contribution in [3.05, 3.63) is 24.3 Å². The SMILES string of the molecule is NC(=O)CCOc1ccccc1OC(=O)CO. The molecule has 0 bridgehead atoms. The number of benzene rings is 1. The Hall–Kier alpha value is -2.08. The molecule has 0 aliphatic carbocycles. The van der Waals surface area contributed by atoms with Crippen LogP contribution in [0.3, 0.4) is 0 Å². The largest absolute Gasteiger partial charge is 0.489 e. The van der Waals surface area contributed by atoms with Gasteiger partial charge < -0.3 is 20.3 Å². The predicted octanol–water partition coefficient (Wildman–Crippen LogP) is -0.162. The molecule has 0 radical (unpaired) electrons. The lowest BCUT2D eigenvalue weighted by molar-refractivity contribution is -0.137. The minimum absolute atomic E-state index is 0.0717. The number of esters is 1. The Balaban J connectivity index is 2.64. The summed E-state index contributed by atoms with van der Waals surface area (Å²) in [7, 11) is 0. The molecule has 17 heavy (non-hydrogen) atoms. The van der Waals surface area contributed by atoms with Crippen LogP contribution in [-0.4, -0.2) is 30.2 Å². The van der Waals surface area contributed by atoms with E-state index in [9.17, 15) is 9.59 Å². The van der Waals surface area contributed by atoms with Gasteiger partial charge in [0.1, 0.15) is 6.61 Å². The van der Waals surface area contributed by atoms with Crippen LogP contribution in [0.2, 0.25) is 0 Å². The number of carbonyl (C=O) groups is 2. The highest BCUT2D eigenvalue weighted by Gasteiger charge is 2.09. The van der Waals surface area contributed by atoms with Crippen molar-refractivity contribution in [3.8, 4) is 11.5 Å². The second kappa shape index (κ2) is 6.49. The molecular formula is C11H13NO5. The molecule has 0 unspecified atom stereocenters. The molecule has 0 aromatic heterocycles. The number of para-hydroxylation sites is 2. The van der Waals surface area contributed by atoms with Crippen LogP contribution in [-0.2, 0) is 9.59 Å². The molecule has 3 N–H and O–H groups in total. The average molecular weight is 239 g/mol. The van der Waals surface area contributed by atoms with Gasteiger partial charge in [-0.3, -0.25) is 4.79 Å². The van der Waals surface area contributed by atoms with E-state index in [1.54, 1.807) is 18.2 Å². The van der Waals surface area contributed by atoms with Crippen molar-refractivity contribution in [1.82, 2.24) is 0 Å². The standard InChI is InChI=1S/C11H13NO5/c12-10(14)5-6-16-8-3-1-2-4-9(8)17-11(15)7-13/h1-4,13H,5-7H2,(H2,12,14). The summed E-state index contributed by atoms with van der Waals surface area (Å²) < 4.78 is 10.1. The molecule has 0 saturated carbocycles. The van der Waals surface area contributed by atoms with Gasteiger partial charge in [-0.25, -0.2) is 4.79 Å². The van der Waals surface area contributed by atoms with E-state index >= 15 is 0 Å². The normalized spacial score (nSPS) is 9.71. The smallest absolute Gasteiger partial charge is 0.337 e. The second-order valence-corrected chi connectivity index (χ2v) is 3.14. The van der Waals surface area contributed by atoms with Crippen LogP contribution < -0.4 is 15.2 Å². The summed E-state index contributed by atoms with van der Waals surface area (Å²) in [4.78, 5) is 21.4. The van der Waals surface area contributed by atoms with Gasteiger partial charge >= 0.3 is 5.97 Å². The van der Waals surface area contributed by atoms with E-state index in [1.165, 1.54) is 6.07 Å². The van der Waals surface area contributed by atoms with Crippen LogP contribution in [0.15, 0.2) is 24.3 Å². The average Bonchev–Trinajstić information content (AvgIpc) is 2.30. The quantitative estimate of drug-likeness (QED) is 0.530. The van der Waals surface area contributed by atoms with E-state index in [0.717, 1.165) is 0 Å². The van der Waals surface area contributed by atoms with Crippen molar-refractivity contribution < 1.29 is 24.2 Å². The maximum atomic E-state index is 10.9. The molecule has 0 saturated heterocycles. The van der Waals surface area contributed by atoms with E-state index in [2.05, 4.69) is 0 Å². The Labute approximate surface area is 97.9 Å². The lowest BCUT2D eigenvalue weighted by Gasteiger charge is -2.10. The Morgan fingerprint density at radius 3 is 2.47 bits per heavy atom. The third-order valence-electron chi connectivity index (χ3n) is 1.81. The first-order valence-corrected chi connectivity index (χ1v) is 4.95. The fourth-order valence-electron chi connectivity index (χ4n) is 1.07. The highest BCUT2D eigenvalue weighted by Crippen LogP contribution is 2.26. The summed E-state index contributed by atoms with van der Waals surface area (Å²) in [5.74, 6) is -0.752. The van der Waals surface area contributed by atoms with Gasteiger partial charge in [-0.2, -0.15) is 0 Å². The monoisotopic (exact) mass is 239 g/mol. The number of hydrogen-bond donors (Lipinski definition) is 2. The molecule has 0 fully saturated rings. The van der Waals surface area contributed by atoms with Gasteiger partial charge in [0.15, 0.2) is 11.5 Å². The molecule has 1 rings (SSSR count). The fourth-order valence-corrected chi connectivity index (χ4v) is 1.07. The third kappa shape index (κ3) is 4.52. The number of primary amides is 1. The minimum Gasteiger partial charge on any atom is -0.489 e. The molecule has 0 atom stereocenters. The van der Waals surface area contributed by atoms with Crippen LogP contribution in [0.4, 0.5) is 0 Å². The maximum Gasteiger partial charge on any atom is 0.337 e. The number of hydrogen-bond acceptors (Lipinski definition) is 5. The molecule has 0 spiro atoms. The van der Waals surface area contributed by atoms with Gasteiger partial charge in [0.05, 0.1) is 13.0 Å². The van der Waals surface area contributed by atoms with E-state index in [1.807, 2.05) is 0 Å². The predicted molar refractivity (Wildman–Crippen MR) is 58.5 cm³/mol. The summed E-state index contributed by atoms with van der Waals surface area (Å²) >= 11 is 0. The number of amides is 1. The first-order chi connectivity index (χ1) is 8.13. The number of rotatable bonds is 6. The maximum absolute atomic E-state index is 10.9. The van der Waals surface area contributed by atoms with Gasteiger partial charge in [-0.05, 0) is 12.1 Å². The number of carbonyl (C=O) groups excluding carboxylic acids is 2. The summed E-state index contributed by atoms with van der Waals surface area (Å²) in [6, 6.07) is 6.45. The van der Waals surface area contributed by atoms with Crippen molar-refractivity contribution in [2.75, 3.05) is 13.2 Å². The fraction of sp³-hybridized carbons (Fsp3) is 0.273. The molecule has 6 heteroatoms. The number of nitrogens with two attached hydrogens (primary N) is 1. The molecule has 0 aliphatic rings. The number of aliphatic hydroxyl groups excluding tert-OH is 1. The number of aliphatic hydroxyl groups is 1. The molecule has 92 valence electrons. The van der Waals surface area contributed by atoms with Crippen LogP contribution in [0.25, 0.3) is 0 Å². The lowest BCUT2D eigenvalue weighted by Crippen LogP contribution is -2.16. The van der Waals surface area contributed by atoms with E-state index in [-0.39, 0.29) is 18.8 Å². The zero-order chi connectivity index (χ0) is 12.7. The molecular weight excluding hydrogens is 226 g/mol. The first kappa shape index (κ1) is 13.0. The molecule has 0 aliphatic heterocycles. The van der Waals surface area contributed by atoms with Gasteiger partial charge in [0.2, 0.25) is 5.91 Å². The van der Waals surface area contributed by atoms with Crippen molar-refractivity contribution in [2.45, 2.75) is 6.42 Å². The highest BCUT2D eigenvalue weighted by atomic mass is 16.6. The van der Waals surface area contributed by atoms with Crippen molar-refractivity contribution in [3.63, 3.8) is 0 Å². The Bertz CT molecular complexity index is 405.